The van der Waals surface area contributed by atoms with Crippen LogP contribution in [0.1, 0.15) is 52.7 Å². The molecule has 3 N–H and O–H groups in total. The van der Waals surface area contributed by atoms with Crippen molar-refractivity contribution >= 4 is 52.6 Å². The summed E-state index contributed by atoms with van der Waals surface area (Å²) in [5.41, 5.74) is -2.65. The summed E-state index contributed by atoms with van der Waals surface area (Å²) in [6, 6.07) is 11.6. The maximum absolute atomic E-state index is 14.4. The summed E-state index contributed by atoms with van der Waals surface area (Å²) in [5, 5.41) is 7.38. The Morgan fingerprint density at radius 1 is 1.02 bits per heavy atom. The second kappa shape index (κ2) is 12.7. The molecule has 0 radical (unpaired) electrons. The largest absolute Gasteiger partial charge is 0.399 e. The lowest BCUT2D eigenvalue weighted by atomic mass is 10.1. The summed E-state index contributed by atoms with van der Waals surface area (Å²) in [5.74, 6) is -1.69. The molecule has 2 aromatic heterocycles. The molecular weight excluding hydrogens is 693 g/mol. The van der Waals surface area contributed by atoms with E-state index in [9.17, 15) is 32.5 Å². The van der Waals surface area contributed by atoms with Crippen molar-refractivity contribution in [3.8, 4) is 5.69 Å². The molecule has 2 aromatic carbocycles. The molecular formula is C33H33F2N6O7PS. The van der Waals surface area contributed by atoms with E-state index in [4.69, 9.17) is 9.79 Å². The van der Waals surface area contributed by atoms with Crippen LogP contribution in [-0.4, -0.2) is 89.1 Å². The van der Waals surface area contributed by atoms with Gasteiger partial charge in [-0.15, -0.1) is 11.3 Å². The quantitative estimate of drug-likeness (QED) is 0.254. The Kier molecular flexibility index (Phi) is 8.61. The summed E-state index contributed by atoms with van der Waals surface area (Å²) < 4.78 is 42.4. The first kappa shape index (κ1) is 34.0. The molecule has 4 amide bonds. The third-order valence-electron chi connectivity index (χ3n) is 9.65. The summed E-state index contributed by atoms with van der Waals surface area (Å²) >= 11 is 0.950. The first-order valence-electron chi connectivity index (χ1n) is 16.0. The van der Waals surface area contributed by atoms with Crippen molar-refractivity contribution in [1.29, 1.82) is 0 Å². The molecule has 0 saturated carbocycles. The second-order valence-electron chi connectivity index (χ2n) is 12.8. The van der Waals surface area contributed by atoms with Crippen LogP contribution in [0.3, 0.4) is 0 Å². The van der Waals surface area contributed by atoms with Gasteiger partial charge in [0.2, 0.25) is 17.7 Å². The molecule has 0 spiro atoms. The van der Waals surface area contributed by atoms with E-state index in [0.717, 1.165) is 40.4 Å². The molecule has 50 heavy (non-hydrogen) atoms. The van der Waals surface area contributed by atoms with Crippen LogP contribution >= 0.6 is 18.9 Å². The fraction of sp³-hybridized carbons (Fsp3) is 0.364. The minimum absolute atomic E-state index is 0.0637. The number of nitrogens with one attached hydrogen (secondary N) is 1. The highest BCUT2D eigenvalue weighted by Crippen LogP contribution is 2.59. The van der Waals surface area contributed by atoms with Crippen LogP contribution in [0.15, 0.2) is 60.8 Å². The van der Waals surface area contributed by atoms with Crippen LogP contribution in [0, 0.1) is 0 Å². The highest BCUT2D eigenvalue weighted by atomic mass is 32.1. The van der Waals surface area contributed by atoms with Gasteiger partial charge in [-0.2, -0.15) is 13.9 Å². The van der Waals surface area contributed by atoms with Gasteiger partial charge in [0.15, 0.2) is 0 Å². The molecule has 3 aliphatic rings. The Morgan fingerprint density at radius 2 is 1.78 bits per heavy atom. The fourth-order valence-corrected chi connectivity index (χ4v) is 8.48. The van der Waals surface area contributed by atoms with Gasteiger partial charge in [0.05, 0.1) is 29.0 Å². The van der Waals surface area contributed by atoms with Crippen LogP contribution in [0.2, 0.25) is 0 Å². The molecule has 2 fully saturated rings. The Labute approximate surface area is 288 Å². The number of rotatable bonds is 6. The molecule has 4 aromatic rings. The zero-order valence-corrected chi connectivity index (χ0v) is 28.4. The number of amides is 4. The lowest BCUT2D eigenvalue weighted by Crippen LogP contribution is -2.61. The van der Waals surface area contributed by atoms with Crippen molar-refractivity contribution in [2.24, 2.45) is 0 Å². The third kappa shape index (κ3) is 5.99. The van der Waals surface area contributed by atoms with Gasteiger partial charge in [0.25, 0.3) is 5.91 Å². The van der Waals surface area contributed by atoms with E-state index in [1.165, 1.54) is 24.0 Å². The molecule has 13 nitrogen and oxygen atoms in total. The van der Waals surface area contributed by atoms with Gasteiger partial charge in [-0.3, -0.25) is 23.7 Å². The van der Waals surface area contributed by atoms with Crippen LogP contribution in [0.25, 0.3) is 15.8 Å². The first-order chi connectivity index (χ1) is 23.7. The molecule has 0 aliphatic carbocycles. The van der Waals surface area contributed by atoms with Crippen molar-refractivity contribution in [3.05, 3.63) is 82.5 Å². The predicted octanol–water partition coefficient (Wildman–Crippen LogP) is 3.57. The average Bonchev–Trinajstić information content (AvgIpc) is 3.87. The van der Waals surface area contributed by atoms with Gasteiger partial charge in [0.1, 0.15) is 12.1 Å². The standard InChI is InChI=1S/C33H33F2N6O7PS/c1-19(42)38-12-11-23-8-9-26(32(45)39-16-21-15-36-41(27(21)18-39)24-5-3-2-4-6-24)40(23)31(44)25(17-38)37-30(43)29-14-20-13-22(7-10-28(20)50-29)33(34,35)49(46,47)48/h2-7,10,13-15,23,25-26H,8-9,11-12,16-18H2,1H3,(H,37,43)(H2,46,47,48)/t23-,25+,26+/m1/s1. The van der Waals surface area contributed by atoms with Gasteiger partial charge in [0, 0.05) is 48.4 Å². The Bertz CT molecular complexity index is 2070. The van der Waals surface area contributed by atoms with E-state index >= 15 is 0 Å². The number of carbonyl (C=O) groups is 4. The normalized spacial score (nSPS) is 21.2. The summed E-state index contributed by atoms with van der Waals surface area (Å²) in [6.45, 7) is 2.23. The number of nitrogens with zero attached hydrogens (tertiary/aromatic N) is 5. The molecule has 0 unspecified atom stereocenters. The number of halogens is 2. The molecule has 0 bridgehead atoms. The molecule has 2 saturated heterocycles. The van der Waals surface area contributed by atoms with E-state index in [0.29, 0.717) is 43.6 Å². The number of hydrogen-bond acceptors (Lipinski definition) is 7. The zero-order valence-electron chi connectivity index (χ0n) is 26.7. The number of hydrogen-bond donors (Lipinski definition) is 3. The SMILES string of the molecule is CC(=O)N1CC[C@H]2CC[C@@H](C(=O)N3Cc4cnn(-c5ccccc5)c4C3)N2C(=O)[C@@H](NC(=O)c2cc3cc(C(F)(F)P(=O)(O)O)ccc3s2)C1. The number of para-hydroxylation sites is 1. The zero-order chi connectivity index (χ0) is 35.5. The molecule has 262 valence electrons. The number of fused-ring (bicyclic) bond motifs is 3. The van der Waals surface area contributed by atoms with E-state index < -0.39 is 42.7 Å². The van der Waals surface area contributed by atoms with E-state index in [1.807, 2.05) is 30.3 Å². The van der Waals surface area contributed by atoms with Crippen molar-refractivity contribution in [1.82, 2.24) is 29.8 Å². The summed E-state index contributed by atoms with van der Waals surface area (Å²) in [7, 11) is -5.80. The maximum Gasteiger partial charge on any atom is 0.399 e. The van der Waals surface area contributed by atoms with Crippen LogP contribution in [0.4, 0.5) is 8.78 Å². The average molecular weight is 727 g/mol. The Balaban J connectivity index is 1.12. The van der Waals surface area contributed by atoms with Crippen molar-refractivity contribution in [2.75, 3.05) is 13.1 Å². The highest BCUT2D eigenvalue weighted by molar-refractivity contribution is 7.52. The molecule has 7 rings (SSSR count). The third-order valence-corrected chi connectivity index (χ3v) is 11.8. The van der Waals surface area contributed by atoms with Crippen LogP contribution in [-0.2, 0) is 37.7 Å². The van der Waals surface area contributed by atoms with Crippen molar-refractivity contribution < 1.29 is 42.3 Å². The summed E-state index contributed by atoms with van der Waals surface area (Å²) in [6.07, 6.45) is 3.18. The summed E-state index contributed by atoms with van der Waals surface area (Å²) in [4.78, 5) is 77.6. The van der Waals surface area contributed by atoms with E-state index in [1.54, 1.807) is 20.7 Å². The second-order valence-corrected chi connectivity index (χ2v) is 15.5. The highest BCUT2D eigenvalue weighted by Gasteiger charge is 2.51. The minimum atomic E-state index is -5.80. The van der Waals surface area contributed by atoms with Crippen LogP contribution < -0.4 is 5.32 Å². The lowest BCUT2D eigenvalue weighted by molar-refractivity contribution is -0.149. The monoisotopic (exact) mass is 726 g/mol. The minimum Gasteiger partial charge on any atom is -0.340 e. The number of thiophene rings is 1. The smallest absolute Gasteiger partial charge is 0.340 e. The van der Waals surface area contributed by atoms with Crippen molar-refractivity contribution in [3.63, 3.8) is 0 Å². The van der Waals surface area contributed by atoms with Crippen LogP contribution in [0.5, 0.6) is 0 Å². The van der Waals surface area contributed by atoms with Gasteiger partial charge in [-0.1, -0.05) is 24.3 Å². The fourth-order valence-electron chi connectivity index (χ4n) is 7.06. The van der Waals surface area contributed by atoms with Gasteiger partial charge in [-0.25, -0.2) is 4.68 Å². The first-order valence-corrected chi connectivity index (χ1v) is 18.4. The lowest BCUT2D eigenvalue weighted by Gasteiger charge is -2.39. The van der Waals surface area contributed by atoms with E-state index in [-0.39, 0.29) is 34.7 Å². The molecule has 5 heterocycles. The van der Waals surface area contributed by atoms with Crippen molar-refractivity contribution in [2.45, 2.75) is 63.1 Å². The Hall–Kier alpha value is -4.50. The number of aromatic nitrogens is 2. The molecule has 3 atom stereocenters. The van der Waals surface area contributed by atoms with E-state index in [2.05, 4.69) is 10.4 Å². The predicted molar refractivity (Wildman–Crippen MR) is 177 cm³/mol. The maximum atomic E-state index is 14.4. The van der Waals surface area contributed by atoms with Gasteiger partial charge < -0.3 is 29.8 Å². The Morgan fingerprint density at radius 3 is 2.50 bits per heavy atom. The number of carbonyl (C=O) groups excluding carboxylic acids is 4. The molecule has 3 aliphatic heterocycles. The van der Waals surface area contributed by atoms with Gasteiger partial charge in [-0.05, 0) is 55.0 Å². The molecule has 17 heteroatoms. The topological polar surface area (TPSA) is 165 Å². The van der Waals surface area contributed by atoms with Gasteiger partial charge >= 0.3 is 13.3 Å². The number of alkyl halides is 2. The number of benzene rings is 2.